The number of halogens is 1. The lowest BCUT2D eigenvalue weighted by Gasteiger charge is -2.08. The van der Waals surface area contributed by atoms with Crippen molar-refractivity contribution in [3.8, 4) is 0 Å². The Morgan fingerprint density at radius 1 is 1.19 bits per heavy atom. The van der Waals surface area contributed by atoms with E-state index in [0.717, 1.165) is 0 Å². The van der Waals surface area contributed by atoms with E-state index in [0.29, 0.717) is 10.7 Å². The maximum atomic E-state index is 12.1. The standard InChI is InChI=1S/C13H11ClN2O4S/c14-9-1-5-12(6-2-9)21(19,20)16-11-4-3-10(15-8-11)7-13(17)18/h1-6,8,16H,7H2,(H,17,18). The maximum absolute atomic E-state index is 12.1. The van der Waals surface area contributed by atoms with Crippen LogP contribution in [0.3, 0.4) is 0 Å². The van der Waals surface area contributed by atoms with Gasteiger partial charge in [-0.2, -0.15) is 0 Å². The van der Waals surface area contributed by atoms with Crippen LogP contribution in [0.15, 0.2) is 47.5 Å². The number of hydrogen-bond donors (Lipinski definition) is 2. The monoisotopic (exact) mass is 326 g/mol. The molecule has 0 aliphatic carbocycles. The largest absolute Gasteiger partial charge is 0.481 e. The summed E-state index contributed by atoms with van der Waals surface area (Å²) in [6, 6.07) is 8.63. The van der Waals surface area contributed by atoms with Crippen LogP contribution < -0.4 is 4.72 Å². The van der Waals surface area contributed by atoms with Crippen molar-refractivity contribution in [2.45, 2.75) is 11.3 Å². The molecule has 0 saturated heterocycles. The Labute approximate surface area is 126 Å². The highest BCUT2D eigenvalue weighted by molar-refractivity contribution is 7.92. The van der Waals surface area contributed by atoms with Crippen molar-refractivity contribution in [3.63, 3.8) is 0 Å². The molecule has 1 aromatic carbocycles. The number of carbonyl (C=O) groups is 1. The Hall–Kier alpha value is -2.12. The number of hydrogen-bond acceptors (Lipinski definition) is 4. The highest BCUT2D eigenvalue weighted by atomic mass is 35.5. The zero-order chi connectivity index (χ0) is 15.5. The van der Waals surface area contributed by atoms with E-state index in [9.17, 15) is 13.2 Å². The molecule has 110 valence electrons. The van der Waals surface area contributed by atoms with Crippen molar-refractivity contribution in [2.24, 2.45) is 0 Å². The van der Waals surface area contributed by atoms with Crippen LogP contribution >= 0.6 is 11.6 Å². The number of nitrogens with one attached hydrogen (secondary N) is 1. The van der Waals surface area contributed by atoms with Crippen molar-refractivity contribution >= 4 is 33.3 Å². The summed E-state index contributed by atoms with van der Waals surface area (Å²) in [5.41, 5.74) is 0.594. The molecule has 0 unspecified atom stereocenters. The lowest BCUT2D eigenvalue weighted by atomic mass is 10.3. The number of aromatic nitrogens is 1. The maximum Gasteiger partial charge on any atom is 0.309 e. The summed E-state index contributed by atoms with van der Waals surface area (Å²) in [4.78, 5) is 14.5. The van der Waals surface area contributed by atoms with Crippen molar-refractivity contribution in [1.82, 2.24) is 4.98 Å². The van der Waals surface area contributed by atoms with Crippen molar-refractivity contribution in [3.05, 3.63) is 53.3 Å². The third-order valence-corrected chi connectivity index (χ3v) is 4.18. The lowest BCUT2D eigenvalue weighted by molar-refractivity contribution is -0.136. The Morgan fingerprint density at radius 2 is 1.86 bits per heavy atom. The van der Waals surface area contributed by atoms with Crippen molar-refractivity contribution in [2.75, 3.05) is 4.72 Å². The van der Waals surface area contributed by atoms with Gasteiger partial charge in [0.05, 0.1) is 28.9 Å². The van der Waals surface area contributed by atoms with Crippen LogP contribution in [0.1, 0.15) is 5.69 Å². The minimum absolute atomic E-state index is 0.0708. The highest BCUT2D eigenvalue weighted by Gasteiger charge is 2.14. The molecule has 1 heterocycles. The molecule has 21 heavy (non-hydrogen) atoms. The van der Waals surface area contributed by atoms with E-state index in [-0.39, 0.29) is 17.0 Å². The van der Waals surface area contributed by atoms with Crippen molar-refractivity contribution in [1.29, 1.82) is 0 Å². The second-order valence-electron chi connectivity index (χ2n) is 4.17. The molecular weight excluding hydrogens is 316 g/mol. The third-order valence-electron chi connectivity index (χ3n) is 2.53. The van der Waals surface area contributed by atoms with Crippen LogP contribution in [0.5, 0.6) is 0 Å². The summed E-state index contributed by atoms with van der Waals surface area (Å²) in [7, 11) is -3.73. The summed E-state index contributed by atoms with van der Waals surface area (Å²) in [5, 5.41) is 9.07. The van der Waals surface area contributed by atoms with Crippen LogP contribution in [0.4, 0.5) is 5.69 Å². The van der Waals surface area contributed by atoms with Gasteiger partial charge in [-0.15, -0.1) is 0 Å². The number of aliphatic carboxylic acids is 1. The van der Waals surface area contributed by atoms with Gasteiger partial charge in [0.2, 0.25) is 0 Å². The molecule has 0 fully saturated rings. The van der Waals surface area contributed by atoms with E-state index in [1.807, 2.05) is 0 Å². The molecule has 8 heteroatoms. The Morgan fingerprint density at radius 3 is 2.38 bits per heavy atom. The summed E-state index contributed by atoms with van der Waals surface area (Å²) >= 11 is 5.71. The smallest absolute Gasteiger partial charge is 0.309 e. The van der Waals surface area contributed by atoms with E-state index in [1.165, 1.54) is 42.6 Å². The van der Waals surface area contributed by atoms with E-state index in [2.05, 4.69) is 9.71 Å². The zero-order valence-electron chi connectivity index (χ0n) is 10.7. The fourth-order valence-corrected chi connectivity index (χ4v) is 2.74. The number of carboxylic acid groups (broad SMARTS) is 1. The van der Waals surface area contributed by atoms with Crippen LogP contribution in [0, 0.1) is 0 Å². The third kappa shape index (κ3) is 4.17. The number of carboxylic acids is 1. The normalized spacial score (nSPS) is 11.1. The van der Waals surface area contributed by atoms with Gasteiger partial charge < -0.3 is 5.11 Å². The molecule has 2 aromatic rings. The number of rotatable bonds is 5. The molecule has 0 aliphatic rings. The van der Waals surface area contributed by atoms with Gasteiger partial charge in [0.1, 0.15) is 0 Å². The molecule has 0 aliphatic heterocycles. The first-order chi connectivity index (χ1) is 9.87. The molecule has 0 saturated carbocycles. The van der Waals surface area contributed by atoms with Gasteiger partial charge in [-0.3, -0.25) is 14.5 Å². The molecule has 0 atom stereocenters. The average molecular weight is 327 g/mol. The van der Waals surface area contributed by atoms with Crippen LogP contribution in [0.2, 0.25) is 5.02 Å². The highest BCUT2D eigenvalue weighted by Crippen LogP contribution is 2.18. The van der Waals surface area contributed by atoms with Gasteiger partial charge in [0.25, 0.3) is 10.0 Å². The number of nitrogens with zero attached hydrogens (tertiary/aromatic N) is 1. The quantitative estimate of drug-likeness (QED) is 0.877. The SMILES string of the molecule is O=C(O)Cc1ccc(NS(=O)(=O)c2ccc(Cl)cc2)cn1. The molecule has 1 aromatic heterocycles. The molecular formula is C13H11ClN2O4S. The van der Waals surface area contributed by atoms with Gasteiger partial charge in [-0.1, -0.05) is 11.6 Å². The van der Waals surface area contributed by atoms with Crippen LogP contribution in [0.25, 0.3) is 0 Å². The summed E-state index contributed by atoms with van der Waals surface area (Å²) in [6.07, 6.45) is 1.05. The molecule has 2 N–H and O–H groups in total. The minimum Gasteiger partial charge on any atom is -0.481 e. The predicted molar refractivity (Wildman–Crippen MR) is 77.8 cm³/mol. The lowest BCUT2D eigenvalue weighted by Crippen LogP contribution is -2.13. The fourth-order valence-electron chi connectivity index (χ4n) is 1.57. The average Bonchev–Trinajstić information content (AvgIpc) is 2.40. The van der Waals surface area contributed by atoms with E-state index in [1.54, 1.807) is 0 Å². The molecule has 6 nitrogen and oxygen atoms in total. The zero-order valence-corrected chi connectivity index (χ0v) is 12.2. The second kappa shape index (κ2) is 6.11. The predicted octanol–water partition coefficient (Wildman–Crippen LogP) is 2.16. The molecule has 0 radical (unpaired) electrons. The minimum atomic E-state index is -3.73. The summed E-state index contributed by atoms with van der Waals surface area (Å²) in [6.45, 7) is 0. The van der Waals surface area contributed by atoms with Crippen LogP contribution in [-0.4, -0.2) is 24.5 Å². The number of benzene rings is 1. The first kappa shape index (κ1) is 15.3. The number of anilines is 1. The van der Waals surface area contributed by atoms with Gasteiger partial charge in [0.15, 0.2) is 0 Å². The molecule has 2 rings (SSSR count). The van der Waals surface area contributed by atoms with Gasteiger partial charge in [-0.05, 0) is 36.4 Å². The van der Waals surface area contributed by atoms with Gasteiger partial charge in [0, 0.05) is 5.02 Å². The molecule has 0 amide bonds. The first-order valence-electron chi connectivity index (χ1n) is 5.82. The van der Waals surface area contributed by atoms with Gasteiger partial charge >= 0.3 is 5.97 Å². The Balaban J connectivity index is 2.16. The Kier molecular flexibility index (Phi) is 4.44. The summed E-state index contributed by atoms with van der Waals surface area (Å²) in [5.74, 6) is -1.00. The molecule has 0 spiro atoms. The topological polar surface area (TPSA) is 96.4 Å². The summed E-state index contributed by atoms with van der Waals surface area (Å²) < 4.78 is 26.6. The molecule has 0 bridgehead atoms. The van der Waals surface area contributed by atoms with E-state index < -0.39 is 16.0 Å². The van der Waals surface area contributed by atoms with E-state index >= 15 is 0 Å². The Bertz CT molecular complexity index is 743. The fraction of sp³-hybridized carbons (Fsp3) is 0.0769. The van der Waals surface area contributed by atoms with Gasteiger partial charge in [-0.25, -0.2) is 8.42 Å². The van der Waals surface area contributed by atoms with Crippen LogP contribution in [-0.2, 0) is 21.2 Å². The second-order valence-corrected chi connectivity index (χ2v) is 6.29. The number of pyridine rings is 1. The van der Waals surface area contributed by atoms with E-state index in [4.69, 9.17) is 16.7 Å². The number of sulfonamides is 1. The van der Waals surface area contributed by atoms with Crippen molar-refractivity contribution < 1.29 is 18.3 Å². The first-order valence-corrected chi connectivity index (χ1v) is 7.68.